The molecule has 0 spiro atoms. The van der Waals surface area contributed by atoms with Crippen molar-refractivity contribution in [3.8, 4) is 0 Å². The molecule has 0 saturated carbocycles. The molecule has 0 saturated heterocycles. The maximum absolute atomic E-state index is 12.2. The number of thiophene rings is 1. The molecular formula is C14H21N3O2S. The van der Waals surface area contributed by atoms with E-state index < -0.39 is 0 Å². The van der Waals surface area contributed by atoms with Crippen LogP contribution in [0.1, 0.15) is 23.4 Å². The number of fused-ring (bicyclic) bond motifs is 1. The zero-order valence-corrected chi connectivity index (χ0v) is 13.0. The molecule has 0 bridgehead atoms. The van der Waals surface area contributed by atoms with Gasteiger partial charge in [0.1, 0.15) is 0 Å². The van der Waals surface area contributed by atoms with E-state index >= 15 is 0 Å². The van der Waals surface area contributed by atoms with Crippen molar-refractivity contribution < 1.29 is 9.59 Å². The minimum atomic E-state index is -0.146. The van der Waals surface area contributed by atoms with Crippen LogP contribution in [0, 0.1) is 0 Å². The topological polar surface area (TPSA) is 52.7 Å². The Balaban J connectivity index is 1.94. The Bertz CT molecular complexity index is 500. The molecule has 1 aromatic heterocycles. The largest absolute Gasteiger partial charge is 0.358 e. The smallest absolute Gasteiger partial charge is 0.239 e. The van der Waals surface area contributed by atoms with Gasteiger partial charge < -0.3 is 10.2 Å². The summed E-state index contributed by atoms with van der Waals surface area (Å²) in [5, 5.41) is 4.64. The van der Waals surface area contributed by atoms with Crippen molar-refractivity contribution in [2.45, 2.75) is 19.4 Å². The van der Waals surface area contributed by atoms with Crippen LogP contribution in [0.4, 0.5) is 0 Å². The van der Waals surface area contributed by atoms with Gasteiger partial charge in [-0.2, -0.15) is 0 Å². The van der Waals surface area contributed by atoms with Crippen LogP contribution in [0.5, 0.6) is 0 Å². The lowest BCUT2D eigenvalue weighted by molar-refractivity contribution is -0.136. The number of rotatable bonds is 4. The highest BCUT2D eigenvalue weighted by molar-refractivity contribution is 7.10. The molecule has 110 valence electrons. The van der Waals surface area contributed by atoms with E-state index in [1.807, 2.05) is 0 Å². The van der Waals surface area contributed by atoms with E-state index in [-0.39, 0.29) is 24.4 Å². The van der Waals surface area contributed by atoms with Crippen molar-refractivity contribution in [3.63, 3.8) is 0 Å². The van der Waals surface area contributed by atoms with Gasteiger partial charge >= 0.3 is 0 Å². The van der Waals surface area contributed by atoms with Crippen LogP contribution in [-0.2, 0) is 16.0 Å². The van der Waals surface area contributed by atoms with Crippen LogP contribution in [0.3, 0.4) is 0 Å². The summed E-state index contributed by atoms with van der Waals surface area (Å²) < 4.78 is 0. The predicted octanol–water partition coefficient (Wildman–Crippen LogP) is 0.872. The number of hydrogen-bond acceptors (Lipinski definition) is 4. The summed E-state index contributed by atoms with van der Waals surface area (Å²) in [7, 11) is 3.24. The maximum Gasteiger partial charge on any atom is 0.239 e. The van der Waals surface area contributed by atoms with Crippen LogP contribution in [0.25, 0.3) is 0 Å². The first-order valence-corrected chi connectivity index (χ1v) is 7.65. The van der Waals surface area contributed by atoms with Crippen molar-refractivity contribution >= 4 is 23.2 Å². The van der Waals surface area contributed by atoms with E-state index in [0.717, 1.165) is 13.0 Å². The molecule has 1 aliphatic heterocycles. The molecule has 0 aliphatic carbocycles. The van der Waals surface area contributed by atoms with E-state index in [2.05, 4.69) is 28.6 Å². The molecule has 20 heavy (non-hydrogen) atoms. The fraction of sp³-hybridized carbons (Fsp3) is 0.571. The molecule has 0 aromatic carbocycles. The van der Waals surface area contributed by atoms with Crippen LogP contribution in [0.15, 0.2) is 11.4 Å². The van der Waals surface area contributed by atoms with E-state index in [9.17, 15) is 9.59 Å². The van der Waals surface area contributed by atoms with Gasteiger partial charge in [-0.3, -0.25) is 14.5 Å². The third kappa shape index (κ3) is 3.19. The lowest BCUT2D eigenvalue weighted by Crippen LogP contribution is -2.44. The molecule has 0 radical (unpaired) electrons. The summed E-state index contributed by atoms with van der Waals surface area (Å²) in [5.74, 6) is -0.160. The molecule has 0 fully saturated rings. The Kier molecular flexibility index (Phi) is 4.77. The average Bonchev–Trinajstić information content (AvgIpc) is 2.90. The fourth-order valence-electron chi connectivity index (χ4n) is 2.45. The van der Waals surface area contributed by atoms with E-state index in [0.29, 0.717) is 6.54 Å². The van der Waals surface area contributed by atoms with E-state index in [4.69, 9.17) is 0 Å². The minimum Gasteiger partial charge on any atom is -0.358 e. The first-order valence-electron chi connectivity index (χ1n) is 6.77. The van der Waals surface area contributed by atoms with Gasteiger partial charge in [0.2, 0.25) is 11.8 Å². The average molecular weight is 295 g/mol. The molecule has 2 amide bonds. The second-order valence-corrected chi connectivity index (χ2v) is 6.12. The van der Waals surface area contributed by atoms with Crippen LogP contribution in [-0.4, -0.2) is 55.3 Å². The summed E-state index contributed by atoms with van der Waals surface area (Å²) in [6.45, 7) is 3.51. The highest BCUT2D eigenvalue weighted by atomic mass is 32.1. The summed E-state index contributed by atoms with van der Waals surface area (Å²) in [4.78, 5) is 28.5. The molecule has 2 heterocycles. The molecule has 1 aliphatic rings. The Morgan fingerprint density at radius 2 is 2.30 bits per heavy atom. The number of amides is 2. The van der Waals surface area contributed by atoms with Gasteiger partial charge in [0.05, 0.1) is 13.1 Å². The number of nitrogens with one attached hydrogen (secondary N) is 1. The van der Waals surface area contributed by atoms with Gasteiger partial charge in [0, 0.05) is 31.6 Å². The zero-order valence-electron chi connectivity index (χ0n) is 12.2. The maximum atomic E-state index is 12.2. The molecule has 1 N–H and O–H groups in total. The Morgan fingerprint density at radius 3 is 3.00 bits per heavy atom. The number of carbonyl (C=O) groups is 2. The normalized spacial score (nSPS) is 18.4. The van der Waals surface area contributed by atoms with Gasteiger partial charge in [-0.1, -0.05) is 0 Å². The van der Waals surface area contributed by atoms with Gasteiger partial charge in [-0.15, -0.1) is 11.3 Å². The van der Waals surface area contributed by atoms with Crippen molar-refractivity contribution in [1.82, 2.24) is 15.1 Å². The summed E-state index contributed by atoms with van der Waals surface area (Å²) in [5.41, 5.74) is 1.34. The number of nitrogens with zero attached hydrogens (tertiary/aromatic N) is 2. The highest BCUT2D eigenvalue weighted by Crippen LogP contribution is 2.32. The van der Waals surface area contributed by atoms with Crippen molar-refractivity contribution in [2.24, 2.45) is 0 Å². The Morgan fingerprint density at radius 1 is 1.55 bits per heavy atom. The van der Waals surface area contributed by atoms with Crippen molar-refractivity contribution in [3.05, 3.63) is 21.9 Å². The third-order valence-electron chi connectivity index (χ3n) is 3.83. The Hall–Kier alpha value is -1.40. The fourth-order valence-corrected chi connectivity index (χ4v) is 3.42. The quantitative estimate of drug-likeness (QED) is 0.897. The second kappa shape index (κ2) is 6.37. The summed E-state index contributed by atoms with van der Waals surface area (Å²) in [6, 6.07) is 2.41. The molecular weight excluding hydrogens is 274 g/mol. The highest BCUT2D eigenvalue weighted by Gasteiger charge is 2.27. The number of hydrogen-bond donors (Lipinski definition) is 1. The Labute approximate surface area is 123 Å². The van der Waals surface area contributed by atoms with Crippen LogP contribution < -0.4 is 5.32 Å². The number of carbonyl (C=O) groups excluding carboxylic acids is 2. The van der Waals surface area contributed by atoms with Gasteiger partial charge in [-0.25, -0.2) is 0 Å². The lowest BCUT2D eigenvalue weighted by atomic mass is 10.0. The lowest BCUT2D eigenvalue weighted by Gasteiger charge is -2.34. The standard InChI is InChI=1S/C14H21N3O2S/c1-10-11-5-7-20-12(11)4-6-17(10)9-14(19)16(3)8-13(18)15-2/h5,7,10H,4,6,8-9H2,1-3H3,(H,15,18)/t10-/m0/s1. The first kappa shape index (κ1) is 15.0. The zero-order chi connectivity index (χ0) is 14.7. The monoisotopic (exact) mass is 295 g/mol. The molecule has 6 heteroatoms. The van der Waals surface area contributed by atoms with Gasteiger partial charge in [0.15, 0.2) is 0 Å². The van der Waals surface area contributed by atoms with Crippen LogP contribution in [0.2, 0.25) is 0 Å². The SMILES string of the molecule is CNC(=O)CN(C)C(=O)CN1CCc2sccc2[C@@H]1C. The number of likely N-dealkylation sites (N-methyl/N-ethyl adjacent to an activating group) is 2. The van der Waals surface area contributed by atoms with E-state index in [1.54, 1.807) is 25.4 Å². The van der Waals surface area contributed by atoms with E-state index in [1.165, 1.54) is 15.3 Å². The molecule has 1 aromatic rings. The van der Waals surface area contributed by atoms with Crippen molar-refractivity contribution in [2.75, 3.05) is 33.7 Å². The summed E-state index contributed by atoms with van der Waals surface area (Å²) in [6.07, 6.45) is 1.00. The molecule has 5 nitrogen and oxygen atoms in total. The van der Waals surface area contributed by atoms with Gasteiger partial charge in [0.25, 0.3) is 0 Å². The molecule has 1 atom stereocenters. The van der Waals surface area contributed by atoms with Crippen molar-refractivity contribution in [1.29, 1.82) is 0 Å². The third-order valence-corrected chi connectivity index (χ3v) is 4.82. The van der Waals surface area contributed by atoms with Gasteiger partial charge in [-0.05, 0) is 30.4 Å². The molecule has 2 rings (SSSR count). The predicted molar refractivity (Wildman–Crippen MR) is 79.7 cm³/mol. The van der Waals surface area contributed by atoms with Crippen LogP contribution >= 0.6 is 11.3 Å². The minimum absolute atomic E-state index is 0.0147. The molecule has 0 unspecified atom stereocenters. The first-order chi connectivity index (χ1) is 9.52. The second-order valence-electron chi connectivity index (χ2n) is 5.12. The summed E-state index contributed by atoms with van der Waals surface area (Å²) >= 11 is 1.79.